The number of benzene rings is 2. The van der Waals surface area contributed by atoms with Gasteiger partial charge >= 0.3 is 6.03 Å². The molecule has 3 aromatic rings. The van der Waals surface area contributed by atoms with Gasteiger partial charge in [0.15, 0.2) is 0 Å². The average molecular weight is 414 g/mol. The van der Waals surface area contributed by atoms with Crippen LogP contribution in [0.1, 0.15) is 17.7 Å². The smallest absolute Gasteiger partial charge is 0.326 e. The van der Waals surface area contributed by atoms with Crippen molar-refractivity contribution in [3.8, 4) is 0 Å². The molecule has 4 rings (SSSR count). The largest absolute Gasteiger partial charge is 0.332 e. The van der Waals surface area contributed by atoms with Crippen LogP contribution in [0.4, 0.5) is 16.2 Å². The predicted octanol–water partition coefficient (Wildman–Crippen LogP) is 3.76. The van der Waals surface area contributed by atoms with Crippen LogP contribution in [0.25, 0.3) is 0 Å². The van der Waals surface area contributed by atoms with E-state index in [-0.39, 0.29) is 18.9 Å². The molecule has 7 heteroatoms. The van der Waals surface area contributed by atoms with Crippen LogP contribution in [0.2, 0.25) is 0 Å². The van der Waals surface area contributed by atoms with Crippen LogP contribution < -0.4 is 10.2 Å². The number of imide groups is 1. The third-order valence-electron chi connectivity index (χ3n) is 5.07. The quantitative estimate of drug-likeness (QED) is 0.623. The Hall–Kier alpha value is -4.00. The zero-order valence-electron chi connectivity index (χ0n) is 17.1. The van der Waals surface area contributed by atoms with E-state index in [9.17, 15) is 14.4 Å². The van der Waals surface area contributed by atoms with E-state index in [2.05, 4.69) is 10.3 Å². The minimum absolute atomic E-state index is 0.136. The molecule has 0 bridgehead atoms. The highest BCUT2D eigenvalue weighted by atomic mass is 16.2. The number of amides is 4. The van der Waals surface area contributed by atoms with Crippen LogP contribution in [0.5, 0.6) is 0 Å². The molecule has 1 N–H and O–H groups in total. The molecule has 2 heterocycles. The first-order valence-corrected chi connectivity index (χ1v) is 9.99. The minimum atomic E-state index is -0.918. The number of hydrogen-bond donors (Lipinski definition) is 1. The van der Waals surface area contributed by atoms with E-state index < -0.39 is 18.0 Å². The lowest BCUT2D eigenvalue weighted by atomic mass is 10.1. The Kier molecular flexibility index (Phi) is 5.75. The van der Waals surface area contributed by atoms with Crippen LogP contribution >= 0.6 is 0 Å². The van der Waals surface area contributed by atoms with Gasteiger partial charge in [0.25, 0.3) is 5.91 Å². The number of para-hydroxylation sites is 1. The predicted molar refractivity (Wildman–Crippen MR) is 117 cm³/mol. The number of nitrogens with zero attached hydrogens (tertiary/aromatic N) is 3. The van der Waals surface area contributed by atoms with E-state index in [1.165, 1.54) is 4.90 Å². The Bertz CT molecular complexity index is 1100. The van der Waals surface area contributed by atoms with Gasteiger partial charge in [-0.25, -0.2) is 9.69 Å². The topological polar surface area (TPSA) is 82.6 Å². The third kappa shape index (κ3) is 4.45. The summed E-state index contributed by atoms with van der Waals surface area (Å²) in [6, 6.07) is 20.2. The maximum atomic E-state index is 13.3. The van der Waals surface area contributed by atoms with Crippen molar-refractivity contribution in [2.75, 3.05) is 10.2 Å². The number of carbonyl (C=O) groups excluding carboxylic acids is 3. The molecule has 1 aromatic heterocycles. The molecule has 7 nitrogen and oxygen atoms in total. The number of aromatic nitrogens is 1. The monoisotopic (exact) mass is 414 g/mol. The van der Waals surface area contributed by atoms with E-state index in [1.807, 2.05) is 37.3 Å². The fourth-order valence-corrected chi connectivity index (χ4v) is 3.59. The molecular formula is C24H22N4O3. The van der Waals surface area contributed by atoms with Gasteiger partial charge in [-0.1, -0.05) is 36.4 Å². The molecule has 1 atom stereocenters. The summed E-state index contributed by atoms with van der Waals surface area (Å²) in [5, 5.41) is 2.79. The van der Waals surface area contributed by atoms with Crippen LogP contribution in [0.15, 0.2) is 79.0 Å². The summed E-state index contributed by atoms with van der Waals surface area (Å²) in [6.07, 6.45) is 1.49. The molecule has 0 saturated carbocycles. The average Bonchev–Trinajstić information content (AvgIpc) is 2.99. The Balaban J connectivity index is 1.61. The zero-order chi connectivity index (χ0) is 21.8. The molecular weight excluding hydrogens is 392 g/mol. The first-order chi connectivity index (χ1) is 15.0. The van der Waals surface area contributed by atoms with Crippen molar-refractivity contribution in [2.45, 2.75) is 25.9 Å². The number of anilines is 2. The lowest BCUT2D eigenvalue weighted by molar-refractivity contribution is -0.124. The van der Waals surface area contributed by atoms with Gasteiger partial charge in [0.2, 0.25) is 5.91 Å². The Morgan fingerprint density at radius 3 is 2.48 bits per heavy atom. The first kappa shape index (κ1) is 20.3. The fraction of sp³-hybridized carbons (Fsp3) is 0.167. The standard InChI is InChI=1S/C24H22N4O3/c1-17-8-7-12-20(14-17)28-23(30)21(15-22(29)26-18-9-3-2-4-10-18)27(24(28)31)16-19-11-5-6-13-25-19/h2-14,21H,15-16H2,1H3,(H,26,29)/t21-/m0/s1. The van der Waals surface area contributed by atoms with E-state index in [0.717, 1.165) is 10.5 Å². The molecule has 2 aromatic carbocycles. The van der Waals surface area contributed by atoms with Crippen molar-refractivity contribution in [1.29, 1.82) is 0 Å². The second-order valence-electron chi connectivity index (χ2n) is 7.38. The maximum absolute atomic E-state index is 13.3. The van der Waals surface area contributed by atoms with E-state index in [1.54, 1.807) is 48.7 Å². The van der Waals surface area contributed by atoms with Gasteiger partial charge in [-0.2, -0.15) is 0 Å². The van der Waals surface area contributed by atoms with Crippen molar-refractivity contribution in [3.63, 3.8) is 0 Å². The van der Waals surface area contributed by atoms with Gasteiger partial charge in [0, 0.05) is 11.9 Å². The Morgan fingerprint density at radius 1 is 1.00 bits per heavy atom. The van der Waals surface area contributed by atoms with Gasteiger partial charge in [-0.3, -0.25) is 14.6 Å². The lowest BCUT2D eigenvalue weighted by Crippen LogP contribution is -2.37. The Labute approximate surface area is 180 Å². The number of carbonyl (C=O) groups is 3. The second-order valence-corrected chi connectivity index (χ2v) is 7.38. The van der Waals surface area contributed by atoms with Gasteiger partial charge in [-0.15, -0.1) is 0 Å². The van der Waals surface area contributed by atoms with Crippen molar-refractivity contribution >= 4 is 29.2 Å². The van der Waals surface area contributed by atoms with E-state index >= 15 is 0 Å². The van der Waals surface area contributed by atoms with Gasteiger partial charge in [0.05, 0.1) is 24.3 Å². The summed E-state index contributed by atoms with van der Waals surface area (Å²) in [5.74, 6) is -0.760. The molecule has 0 unspecified atom stereocenters. The first-order valence-electron chi connectivity index (χ1n) is 9.99. The third-order valence-corrected chi connectivity index (χ3v) is 5.07. The van der Waals surface area contributed by atoms with Crippen molar-refractivity contribution in [3.05, 3.63) is 90.3 Å². The SMILES string of the molecule is Cc1cccc(N2C(=O)[C@H](CC(=O)Nc3ccccc3)N(Cc3ccccn3)C2=O)c1. The van der Waals surface area contributed by atoms with Crippen LogP contribution in [-0.4, -0.2) is 33.8 Å². The fourth-order valence-electron chi connectivity index (χ4n) is 3.59. The summed E-state index contributed by atoms with van der Waals surface area (Å²) in [7, 11) is 0. The summed E-state index contributed by atoms with van der Waals surface area (Å²) in [6.45, 7) is 2.03. The van der Waals surface area contributed by atoms with Crippen molar-refractivity contribution < 1.29 is 14.4 Å². The molecule has 31 heavy (non-hydrogen) atoms. The van der Waals surface area contributed by atoms with Crippen LogP contribution in [0, 0.1) is 6.92 Å². The highest BCUT2D eigenvalue weighted by Crippen LogP contribution is 2.29. The van der Waals surface area contributed by atoms with Crippen LogP contribution in [0.3, 0.4) is 0 Å². The van der Waals surface area contributed by atoms with E-state index in [4.69, 9.17) is 0 Å². The normalized spacial score (nSPS) is 16.0. The van der Waals surface area contributed by atoms with Crippen molar-refractivity contribution in [1.82, 2.24) is 9.88 Å². The highest BCUT2D eigenvalue weighted by molar-refractivity contribution is 6.22. The Morgan fingerprint density at radius 2 is 1.77 bits per heavy atom. The maximum Gasteiger partial charge on any atom is 0.332 e. The van der Waals surface area contributed by atoms with Crippen LogP contribution in [-0.2, 0) is 16.1 Å². The highest BCUT2D eigenvalue weighted by Gasteiger charge is 2.46. The molecule has 156 valence electrons. The lowest BCUT2D eigenvalue weighted by Gasteiger charge is -2.21. The molecule has 1 fully saturated rings. The van der Waals surface area contributed by atoms with Crippen molar-refractivity contribution in [2.24, 2.45) is 0 Å². The second kappa shape index (κ2) is 8.79. The number of hydrogen-bond acceptors (Lipinski definition) is 4. The van der Waals surface area contributed by atoms with Gasteiger partial charge in [-0.05, 0) is 48.9 Å². The molecule has 1 saturated heterocycles. The number of rotatable bonds is 6. The molecule has 4 amide bonds. The molecule has 0 aliphatic carbocycles. The molecule has 0 spiro atoms. The summed E-state index contributed by atoms with van der Waals surface area (Å²) in [5.41, 5.74) is 2.70. The number of pyridine rings is 1. The van der Waals surface area contributed by atoms with E-state index in [0.29, 0.717) is 17.1 Å². The molecule has 1 aliphatic heterocycles. The van der Waals surface area contributed by atoms with Gasteiger partial charge < -0.3 is 10.2 Å². The summed E-state index contributed by atoms with van der Waals surface area (Å²) < 4.78 is 0. The number of urea groups is 1. The summed E-state index contributed by atoms with van der Waals surface area (Å²) >= 11 is 0. The minimum Gasteiger partial charge on any atom is -0.326 e. The number of aryl methyl sites for hydroxylation is 1. The van der Waals surface area contributed by atoms with Gasteiger partial charge in [0.1, 0.15) is 6.04 Å². The number of nitrogens with one attached hydrogen (secondary N) is 1. The molecule has 1 aliphatic rings. The summed E-state index contributed by atoms with van der Waals surface area (Å²) in [4.78, 5) is 46.0. The molecule has 0 radical (unpaired) electrons. The zero-order valence-corrected chi connectivity index (χ0v) is 17.1.